The Labute approximate surface area is 234 Å². The van der Waals surface area contributed by atoms with Gasteiger partial charge in [0.1, 0.15) is 0 Å². The van der Waals surface area contributed by atoms with Crippen LogP contribution in [0.4, 0.5) is 0 Å². The second kappa shape index (κ2) is 10.5. The normalized spacial score (nSPS) is 14.7. The highest BCUT2D eigenvalue weighted by molar-refractivity contribution is 5.86. The van der Waals surface area contributed by atoms with Crippen molar-refractivity contribution in [1.29, 1.82) is 0 Å². The molecule has 0 amide bonds. The number of hydrogen-bond donors (Lipinski definition) is 0. The minimum absolute atomic E-state index is 0.221. The Balaban J connectivity index is 1.31. The quantitative estimate of drug-likeness (QED) is 0.231. The van der Waals surface area contributed by atoms with Crippen LogP contribution in [0.2, 0.25) is 0 Å². The number of fused-ring (bicyclic) bond motifs is 1. The molecule has 2 aromatic heterocycles. The molecule has 4 aromatic carbocycles. The van der Waals surface area contributed by atoms with E-state index in [4.69, 9.17) is 9.97 Å². The Kier molecular flexibility index (Phi) is 6.31. The van der Waals surface area contributed by atoms with Crippen molar-refractivity contribution in [3.63, 3.8) is 0 Å². The van der Waals surface area contributed by atoms with Crippen molar-refractivity contribution >= 4 is 16.3 Å². The minimum Gasteiger partial charge on any atom is -0.264 e. The standard InChI is InChI=1S/C37H27N3/c1-3-11-26(12-4-1)28-16-9-18-30(21-28)35-23-36(40-37(39-35)27-13-5-2-6-14-27)31-19-10-17-29(22-31)34-25-38-24-32-15-7-8-20-33(32)34/h1-21,23-25,29H,22H2. The lowest BCUT2D eigenvalue weighted by Gasteiger charge is -2.21. The molecule has 0 saturated heterocycles. The van der Waals surface area contributed by atoms with E-state index >= 15 is 0 Å². The number of nitrogens with zero attached hydrogens (tertiary/aromatic N) is 3. The van der Waals surface area contributed by atoms with Gasteiger partial charge in [0.2, 0.25) is 0 Å². The molecular weight excluding hydrogens is 486 g/mol. The molecule has 7 rings (SSSR count). The van der Waals surface area contributed by atoms with Gasteiger partial charge >= 0.3 is 0 Å². The van der Waals surface area contributed by atoms with Crippen molar-refractivity contribution < 1.29 is 0 Å². The molecule has 0 spiro atoms. The van der Waals surface area contributed by atoms with Gasteiger partial charge in [-0.2, -0.15) is 0 Å². The van der Waals surface area contributed by atoms with Crippen LogP contribution in [0.3, 0.4) is 0 Å². The van der Waals surface area contributed by atoms with Crippen LogP contribution in [0, 0.1) is 0 Å². The zero-order valence-electron chi connectivity index (χ0n) is 22.0. The molecule has 1 aliphatic rings. The zero-order valence-corrected chi connectivity index (χ0v) is 22.0. The van der Waals surface area contributed by atoms with Crippen LogP contribution in [0.25, 0.3) is 50.1 Å². The van der Waals surface area contributed by atoms with Gasteiger partial charge in [0, 0.05) is 34.8 Å². The minimum atomic E-state index is 0.221. The summed E-state index contributed by atoms with van der Waals surface area (Å²) in [4.78, 5) is 14.7. The summed E-state index contributed by atoms with van der Waals surface area (Å²) < 4.78 is 0. The Hall–Kier alpha value is -5.15. The molecule has 1 unspecified atom stereocenters. The maximum absolute atomic E-state index is 5.09. The van der Waals surface area contributed by atoms with Gasteiger partial charge in [-0.1, -0.05) is 121 Å². The second-order valence-corrected chi connectivity index (χ2v) is 10.1. The van der Waals surface area contributed by atoms with E-state index in [1.165, 1.54) is 33.0 Å². The Morgan fingerprint density at radius 2 is 1.27 bits per heavy atom. The fourth-order valence-electron chi connectivity index (χ4n) is 5.48. The van der Waals surface area contributed by atoms with Crippen LogP contribution in [0.15, 0.2) is 146 Å². The van der Waals surface area contributed by atoms with Gasteiger partial charge in [-0.25, -0.2) is 9.97 Å². The van der Waals surface area contributed by atoms with Crippen LogP contribution < -0.4 is 0 Å². The number of rotatable bonds is 5. The van der Waals surface area contributed by atoms with Crippen LogP contribution in [-0.4, -0.2) is 15.0 Å². The fourth-order valence-corrected chi connectivity index (χ4v) is 5.48. The van der Waals surface area contributed by atoms with Gasteiger partial charge in [-0.15, -0.1) is 0 Å². The molecule has 3 heteroatoms. The summed E-state index contributed by atoms with van der Waals surface area (Å²) in [6.07, 6.45) is 11.4. The van der Waals surface area contributed by atoms with E-state index in [0.717, 1.165) is 34.8 Å². The van der Waals surface area contributed by atoms with Crippen LogP contribution >= 0.6 is 0 Å². The van der Waals surface area contributed by atoms with Gasteiger partial charge in [-0.05, 0) is 46.2 Å². The molecule has 2 heterocycles. The van der Waals surface area contributed by atoms with Gasteiger partial charge in [-0.3, -0.25) is 4.98 Å². The largest absolute Gasteiger partial charge is 0.264 e. The van der Waals surface area contributed by atoms with Crippen molar-refractivity contribution in [2.24, 2.45) is 0 Å². The molecule has 1 atom stereocenters. The molecule has 0 radical (unpaired) electrons. The average molecular weight is 514 g/mol. The van der Waals surface area contributed by atoms with Crippen LogP contribution in [0.1, 0.15) is 23.6 Å². The first-order valence-corrected chi connectivity index (χ1v) is 13.6. The fraction of sp³-hybridized carbons (Fsp3) is 0.0541. The summed E-state index contributed by atoms with van der Waals surface area (Å²) in [5, 5.41) is 2.41. The smallest absolute Gasteiger partial charge is 0.160 e. The average Bonchev–Trinajstić information content (AvgIpc) is 3.05. The molecule has 0 N–H and O–H groups in total. The highest BCUT2D eigenvalue weighted by atomic mass is 14.9. The molecule has 0 bridgehead atoms. The van der Waals surface area contributed by atoms with Crippen molar-refractivity contribution in [3.8, 4) is 33.8 Å². The van der Waals surface area contributed by atoms with E-state index in [9.17, 15) is 0 Å². The van der Waals surface area contributed by atoms with Crippen molar-refractivity contribution in [2.75, 3.05) is 0 Å². The predicted molar refractivity (Wildman–Crippen MR) is 165 cm³/mol. The van der Waals surface area contributed by atoms with Crippen LogP contribution in [-0.2, 0) is 0 Å². The third kappa shape index (κ3) is 4.74. The summed E-state index contributed by atoms with van der Waals surface area (Å²) in [6, 6.07) is 39.9. The highest BCUT2D eigenvalue weighted by Gasteiger charge is 2.20. The molecule has 0 fully saturated rings. The number of benzene rings is 4. The number of pyridine rings is 1. The van der Waals surface area contributed by atoms with E-state index < -0.39 is 0 Å². The molecule has 3 nitrogen and oxygen atoms in total. The number of allylic oxidation sites excluding steroid dienone is 4. The number of hydrogen-bond acceptors (Lipinski definition) is 3. The van der Waals surface area contributed by atoms with Crippen LogP contribution in [0.5, 0.6) is 0 Å². The van der Waals surface area contributed by atoms with E-state index in [1.54, 1.807) is 0 Å². The van der Waals surface area contributed by atoms with E-state index in [-0.39, 0.29) is 5.92 Å². The summed E-state index contributed by atoms with van der Waals surface area (Å²) in [5.74, 6) is 0.954. The van der Waals surface area contributed by atoms with E-state index in [2.05, 4.69) is 114 Å². The Bertz CT molecular complexity index is 1870. The lowest BCUT2D eigenvalue weighted by atomic mass is 9.85. The van der Waals surface area contributed by atoms with Gasteiger partial charge in [0.15, 0.2) is 5.82 Å². The summed E-state index contributed by atoms with van der Waals surface area (Å²) in [7, 11) is 0. The third-order valence-electron chi connectivity index (χ3n) is 7.53. The summed E-state index contributed by atoms with van der Waals surface area (Å²) in [5.41, 5.74) is 8.75. The monoisotopic (exact) mass is 513 g/mol. The lowest BCUT2D eigenvalue weighted by Crippen LogP contribution is -2.05. The first-order valence-electron chi connectivity index (χ1n) is 13.6. The van der Waals surface area contributed by atoms with Crippen molar-refractivity contribution in [3.05, 3.63) is 157 Å². The first-order chi connectivity index (χ1) is 19.8. The molecular formula is C37H27N3. The lowest BCUT2D eigenvalue weighted by molar-refractivity contribution is 0.864. The summed E-state index contributed by atoms with van der Waals surface area (Å²) in [6.45, 7) is 0. The number of aromatic nitrogens is 3. The van der Waals surface area contributed by atoms with Crippen molar-refractivity contribution in [2.45, 2.75) is 12.3 Å². The topological polar surface area (TPSA) is 38.7 Å². The van der Waals surface area contributed by atoms with Crippen molar-refractivity contribution in [1.82, 2.24) is 15.0 Å². The Morgan fingerprint density at radius 1 is 0.575 bits per heavy atom. The molecule has 40 heavy (non-hydrogen) atoms. The van der Waals surface area contributed by atoms with Gasteiger partial charge in [0.05, 0.1) is 11.4 Å². The Morgan fingerprint density at radius 3 is 2.12 bits per heavy atom. The first kappa shape index (κ1) is 23.9. The maximum Gasteiger partial charge on any atom is 0.160 e. The van der Waals surface area contributed by atoms with E-state index in [0.29, 0.717) is 0 Å². The van der Waals surface area contributed by atoms with Gasteiger partial charge in [0.25, 0.3) is 0 Å². The maximum atomic E-state index is 5.09. The zero-order chi connectivity index (χ0) is 26.7. The predicted octanol–water partition coefficient (Wildman–Crippen LogP) is 9.15. The van der Waals surface area contributed by atoms with Gasteiger partial charge < -0.3 is 0 Å². The van der Waals surface area contributed by atoms with E-state index in [1.807, 2.05) is 36.7 Å². The molecule has 0 aliphatic heterocycles. The molecule has 6 aromatic rings. The third-order valence-corrected chi connectivity index (χ3v) is 7.53. The molecule has 1 aliphatic carbocycles. The second-order valence-electron chi connectivity index (χ2n) is 10.1. The molecule has 0 saturated carbocycles. The summed E-state index contributed by atoms with van der Waals surface area (Å²) >= 11 is 0. The molecule has 190 valence electrons. The SMILES string of the molecule is C1=CC(c2cncc3ccccc23)CC(c2cc(-c3cccc(-c4ccccc4)c3)nc(-c3ccccc3)n2)=C1. The highest BCUT2D eigenvalue weighted by Crippen LogP contribution is 2.37.